The monoisotopic (exact) mass is 342 g/mol. The largest absolute Gasteiger partial charge is 0.463 e. The van der Waals surface area contributed by atoms with E-state index in [1.54, 1.807) is 6.92 Å². The van der Waals surface area contributed by atoms with Gasteiger partial charge in [-0.1, -0.05) is 0 Å². The highest BCUT2D eigenvalue weighted by Gasteiger charge is 2.43. The van der Waals surface area contributed by atoms with Crippen LogP contribution in [-0.2, 0) is 14.3 Å². The first kappa shape index (κ1) is 18.1. The topological polar surface area (TPSA) is 151 Å². The summed E-state index contributed by atoms with van der Waals surface area (Å²) in [5.41, 5.74) is -1.67. The molecule has 1 aliphatic rings. The molecule has 4 atom stereocenters. The SMILES string of the molecule is CCOC(=O)/C=C/c1cn([C@@H]2O[C@H](CO)[C@@H](O)[C@H]2O)c(=O)[nH]c1=O. The van der Waals surface area contributed by atoms with E-state index in [0.717, 1.165) is 22.9 Å². The van der Waals surface area contributed by atoms with Crippen LogP contribution in [0.15, 0.2) is 21.9 Å². The highest BCUT2D eigenvalue weighted by Crippen LogP contribution is 2.27. The normalized spacial score (nSPS) is 26.8. The van der Waals surface area contributed by atoms with Crippen molar-refractivity contribution in [1.82, 2.24) is 9.55 Å². The van der Waals surface area contributed by atoms with Gasteiger partial charge in [-0.2, -0.15) is 0 Å². The van der Waals surface area contributed by atoms with E-state index in [-0.39, 0.29) is 12.2 Å². The second-order valence-electron chi connectivity index (χ2n) is 5.07. The molecule has 2 heterocycles. The smallest absolute Gasteiger partial charge is 0.330 e. The number of hydrogen-bond donors (Lipinski definition) is 4. The number of hydrogen-bond acceptors (Lipinski definition) is 8. The van der Waals surface area contributed by atoms with Crippen LogP contribution in [0.25, 0.3) is 6.08 Å². The van der Waals surface area contributed by atoms with Crippen LogP contribution in [0.2, 0.25) is 0 Å². The van der Waals surface area contributed by atoms with E-state index in [4.69, 9.17) is 9.84 Å². The summed E-state index contributed by atoms with van der Waals surface area (Å²) >= 11 is 0. The van der Waals surface area contributed by atoms with Crippen LogP contribution in [0, 0.1) is 0 Å². The van der Waals surface area contributed by atoms with Crippen molar-refractivity contribution in [3.05, 3.63) is 38.7 Å². The highest BCUT2D eigenvalue weighted by atomic mass is 16.6. The third-order valence-corrected chi connectivity index (χ3v) is 3.47. The molecule has 0 aliphatic carbocycles. The van der Waals surface area contributed by atoms with Gasteiger partial charge >= 0.3 is 11.7 Å². The van der Waals surface area contributed by atoms with Gasteiger partial charge in [-0.25, -0.2) is 9.59 Å². The Morgan fingerprint density at radius 3 is 2.71 bits per heavy atom. The fourth-order valence-electron chi connectivity index (χ4n) is 2.27. The Bertz CT molecular complexity index is 737. The number of aromatic nitrogens is 2. The summed E-state index contributed by atoms with van der Waals surface area (Å²) in [6.45, 7) is 1.24. The second-order valence-corrected chi connectivity index (χ2v) is 5.07. The maximum absolute atomic E-state index is 11.9. The Morgan fingerprint density at radius 1 is 1.42 bits per heavy atom. The lowest BCUT2D eigenvalue weighted by Crippen LogP contribution is -2.38. The number of aromatic amines is 1. The molecule has 1 aromatic heterocycles. The molecule has 2 rings (SSSR count). The van der Waals surface area contributed by atoms with Gasteiger partial charge in [-0.3, -0.25) is 14.3 Å². The fraction of sp³-hybridized carbons (Fsp3) is 0.500. The zero-order chi connectivity index (χ0) is 17.9. The number of carbonyl (C=O) groups excluding carboxylic acids is 1. The second kappa shape index (κ2) is 7.53. The Balaban J connectivity index is 2.35. The van der Waals surface area contributed by atoms with Gasteiger partial charge in [-0.15, -0.1) is 0 Å². The van der Waals surface area contributed by atoms with Crippen molar-refractivity contribution in [2.75, 3.05) is 13.2 Å². The minimum absolute atomic E-state index is 0.0552. The van der Waals surface area contributed by atoms with Crippen molar-refractivity contribution in [3.8, 4) is 0 Å². The maximum atomic E-state index is 11.9. The lowest BCUT2D eigenvalue weighted by molar-refractivity contribution is -0.137. The van der Waals surface area contributed by atoms with E-state index >= 15 is 0 Å². The third kappa shape index (κ3) is 3.62. The van der Waals surface area contributed by atoms with Crippen molar-refractivity contribution >= 4 is 12.0 Å². The van der Waals surface area contributed by atoms with Gasteiger partial charge in [0.25, 0.3) is 5.56 Å². The average molecular weight is 342 g/mol. The molecule has 0 bridgehead atoms. The first-order valence-electron chi connectivity index (χ1n) is 7.21. The quantitative estimate of drug-likeness (QED) is 0.345. The number of carbonyl (C=O) groups is 1. The first-order valence-corrected chi connectivity index (χ1v) is 7.21. The van der Waals surface area contributed by atoms with Crippen LogP contribution in [0.5, 0.6) is 0 Å². The number of H-pyrrole nitrogens is 1. The van der Waals surface area contributed by atoms with Crippen molar-refractivity contribution in [3.63, 3.8) is 0 Å². The van der Waals surface area contributed by atoms with E-state index in [2.05, 4.69) is 4.74 Å². The highest BCUT2D eigenvalue weighted by molar-refractivity contribution is 5.86. The molecule has 10 heteroatoms. The molecular weight excluding hydrogens is 324 g/mol. The first-order chi connectivity index (χ1) is 11.4. The van der Waals surface area contributed by atoms with E-state index in [9.17, 15) is 24.6 Å². The molecule has 0 radical (unpaired) electrons. The zero-order valence-corrected chi connectivity index (χ0v) is 12.8. The average Bonchev–Trinajstić information content (AvgIpc) is 2.82. The van der Waals surface area contributed by atoms with Crippen LogP contribution in [0.1, 0.15) is 18.7 Å². The van der Waals surface area contributed by atoms with Crippen LogP contribution in [-0.4, -0.2) is 62.4 Å². The molecule has 132 valence electrons. The van der Waals surface area contributed by atoms with Crippen LogP contribution >= 0.6 is 0 Å². The van der Waals surface area contributed by atoms with E-state index in [1.807, 2.05) is 4.98 Å². The van der Waals surface area contributed by atoms with Gasteiger partial charge in [0, 0.05) is 12.3 Å². The molecule has 0 saturated carbocycles. The van der Waals surface area contributed by atoms with Gasteiger partial charge in [0.15, 0.2) is 6.23 Å². The number of nitrogens with one attached hydrogen (secondary N) is 1. The molecule has 24 heavy (non-hydrogen) atoms. The summed E-state index contributed by atoms with van der Waals surface area (Å²) in [7, 11) is 0. The minimum atomic E-state index is -1.48. The van der Waals surface area contributed by atoms with Gasteiger partial charge < -0.3 is 24.8 Å². The summed E-state index contributed by atoms with van der Waals surface area (Å²) in [5, 5.41) is 28.8. The summed E-state index contributed by atoms with van der Waals surface area (Å²) in [4.78, 5) is 37.0. The van der Waals surface area contributed by atoms with Gasteiger partial charge in [0.05, 0.1) is 18.8 Å². The number of ether oxygens (including phenoxy) is 2. The standard InChI is InChI=1S/C14H18N2O8/c1-2-23-9(18)4-3-7-5-16(14(22)15-12(7)21)13-11(20)10(19)8(6-17)24-13/h3-5,8,10-11,13,17,19-20H,2,6H2,1H3,(H,15,21,22)/b4-3+/t8-,10-,11-,13-/m1/s1. The number of nitrogens with zero attached hydrogens (tertiary/aromatic N) is 1. The summed E-state index contributed by atoms with van der Waals surface area (Å²) in [6.07, 6.45) is -1.99. The molecule has 0 spiro atoms. The Labute approximate surface area is 135 Å². The van der Waals surface area contributed by atoms with Crippen molar-refractivity contribution in [1.29, 1.82) is 0 Å². The summed E-state index contributed by atoms with van der Waals surface area (Å²) in [5.74, 6) is -0.664. The van der Waals surface area contributed by atoms with Crippen LogP contribution < -0.4 is 11.2 Å². The van der Waals surface area contributed by atoms with E-state index in [0.29, 0.717) is 0 Å². The third-order valence-electron chi connectivity index (χ3n) is 3.47. The fourth-order valence-corrected chi connectivity index (χ4v) is 2.27. The lowest BCUT2D eigenvalue weighted by Gasteiger charge is -2.17. The van der Waals surface area contributed by atoms with Crippen molar-refractivity contribution < 1.29 is 29.6 Å². The molecular formula is C14H18N2O8. The maximum Gasteiger partial charge on any atom is 0.330 e. The number of aliphatic hydroxyl groups is 3. The predicted octanol–water partition coefficient (Wildman–Crippen LogP) is -2.28. The Hall–Kier alpha value is -2.27. The van der Waals surface area contributed by atoms with Crippen molar-refractivity contribution in [2.24, 2.45) is 0 Å². The van der Waals surface area contributed by atoms with Crippen LogP contribution in [0.4, 0.5) is 0 Å². The Morgan fingerprint density at radius 2 is 2.12 bits per heavy atom. The molecule has 0 aromatic carbocycles. The van der Waals surface area contributed by atoms with Crippen LogP contribution in [0.3, 0.4) is 0 Å². The molecule has 0 unspecified atom stereocenters. The Kier molecular flexibility index (Phi) is 5.67. The summed E-state index contributed by atoms with van der Waals surface area (Å²) < 4.78 is 10.8. The van der Waals surface area contributed by atoms with Gasteiger partial charge in [0.2, 0.25) is 0 Å². The number of aliphatic hydroxyl groups excluding tert-OH is 3. The molecule has 1 aromatic rings. The molecule has 1 saturated heterocycles. The summed E-state index contributed by atoms with van der Waals surface area (Å²) in [6, 6.07) is 0. The predicted molar refractivity (Wildman–Crippen MR) is 80.0 cm³/mol. The zero-order valence-electron chi connectivity index (χ0n) is 12.8. The lowest BCUT2D eigenvalue weighted by atomic mass is 10.1. The number of rotatable bonds is 5. The minimum Gasteiger partial charge on any atom is -0.463 e. The van der Waals surface area contributed by atoms with E-state index in [1.165, 1.54) is 0 Å². The number of esters is 1. The molecule has 10 nitrogen and oxygen atoms in total. The van der Waals surface area contributed by atoms with Crippen molar-refractivity contribution in [2.45, 2.75) is 31.5 Å². The molecule has 1 fully saturated rings. The van der Waals surface area contributed by atoms with E-state index < -0.39 is 48.4 Å². The van der Waals surface area contributed by atoms with Gasteiger partial charge in [0.1, 0.15) is 18.3 Å². The van der Waals surface area contributed by atoms with Gasteiger partial charge in [-0.05, 0) is 13.0 Å². The molecule has 0 amide bonds. The molecule has 1 aliphatic heterocycles. The molecule has 4 N–H and O–H groups in total.